The number of hydrogen-bond donors (Lipinski definition) is 1. The lowest BCUT2D eigenvalue weighted by molar-refractivity contribution is -0.156. The van der Waals surface area contributed by atoms with Crippen LogP contribution in [0.2, 0.25) is 0 Å². The largest absolute Gasteiger partial charge is 0.444 e. The highest BCUT2D eigenvalue weighted by molar-refractivity contribution is 9.10. The zero-order valence-corrected chi connectivity index (χ0v) is 13.0. The van der Waals surface area contributed by atoms with E-state index in [-0.39, 0.29) is 24.1 Å². The summed E-state index contributed by atoms with van der Waals surface area (Å²) in [5.41, 5.74) is -0.760. The summed E-state index contributed by atoms with van der Waals surface area (Å²) in [5.74, 6) is -0.347. The molecule has 1 aromatic rings. The molecule has 6 nitrogen and oxygen atoms in total. The minimum Gasteiger partial charge on any atom is -0.444 e. The van der Waals surface area contributed by atoms with Crippen molar-refractivity contribution in [3.05, 3.63) is 22.6 Å². The predicted molar refractivity (Wildman–Crippen MR) is 75.2 cm³/mol. The van der Waals surface area contributed by atoms with Gasteiger partial charge in [0.15, 0.2) is 10.4 Å². The smallest absolute Gasteiger partial charge is 0.289 e. The lowest BCUT2D eigenvalue weighted by Crippen LogP contribution is -2.64. The van der Waals surface area contributed by atoms with Crippen LogP contribution in [0.1, 0.15) is 23.9 Å². The van der Waals surface area contributed by atoms with Crippen LogP contribution < -0.4 is 0 Å². The van der Waals surface area contributed by atoms with Crippen LogP contribution in [0.5, 0.6) is 0 Å². The highest BCUT2D eigenvalue weighted by Gasteiger charge is 2.42. The molecule has 20 heavy (non-hydrogen) atoms. The van der Waals surface area contributed by atoms with Gasteiger partial charge in [0, 0.05) is 7.05 Å². The predicted octanol–water partition coefficient (Wildman–Crippen LogP) is 1.10. The minimum absolute atomic E-state index is 0.0308. The van der Waals surface area contributed by atoms with Gasteiger partial charge in [-0.05, 0) is 34.5 Å². The van der Waals surface area contributed by atoms with Gasteiger partial charge in [0.2, 0.25) is 5.91 Å². The van der Waals surface area contributed by atoms with Crippen molar-refractivity contribution in [2.75, 3.05) is 26.7 Å². The summed E-state index contributed by atoms with van der Waals surface area (Å²) in [5, 5.41) is 9.87. The fourth-order valence-electron chi connectivity index (χ4n) is 2.06. The van der Waals surface area contributed by atoms with Crippen LogP contribution >= 0.6 is 15.9 Å². The van der Waals surface area contributed by atoms with E-state index in [1.54, 1.807) is 24.1 Å². The molecular weight excluding hydrogens is 328 g/mol. The standard InChI is InChI=1S/C13H17BrN2O4/c1-3-13(19)7-16(8-13)11(17)6-15(2)12(18)9-4-5-10(14)20-9/h4-5,19H,3,6-8H2,1-2H3. The molecule has 0 radical (unpaired) electrons. The second-order valence-electron chi connectivity index (χ2n) is 5.09. The molecule has 1 aliphatic rings. The van der Waals surface area contributed by atoms with Crippen molar-refractivity contribution < 1.29 is 19.1 Å². The van der Waals surface area contributed by atoms with Gasteiger partial charge in [-0.25, -0.2) is 0 Å². The third-order valence-corrected chi connectivity index (χ3v) is 3.91. The Morgan fingerprint density at radius 3 is 2.65 bits per heavy atom. The van der Waals surface area contributed by atoms with Gasteiger partial charge in [-0.2, -0.15) is 0 Å². The Balaban J connectivity index is 1.87. The highest BCUT2D eigenvalue weighted by atomic mass is 79.9. The number of β-amino-alcohol motifs (C(OH)–C–C–N with tert-alkyl or cyclic N) is 1. The summed E-state index contributed by atoms with van der Waals surface area (Å²) < 4.78 is 5.63. The molecule has 0 spiro atoms. The molecule has 0 saturated carbocycles. The summed E-state index contributed by atoms with van der Waals surface area (Å²) in [4.78, 5) is 26.8. The first kappa shape index (κ1) is 15.1. The average Bonchev–Trinajstić information content (AvgIpc) is 2.80. The Kier molecular flexibility index (Phi) is 4.19. The molecule has 0 bridgehead atoms. The van der Waals surface area contributed by atoms with E-state index in [0.717, 1.165) is 0 Å². The van der Waals surface area contributed by atoms with Gasteiger partial charge in [0.1, 0.15) is 0 Å². The van der Waals surface area contributed by atoms with Gasteiger partial charge in [0.05, 0.1) is 25.2 Å². The molecule has 1 aliphatic heterocycles. The van der Waals surface area contributed by atoms with Gasteiger partial charge in [0.25, 0.3) is 5.91 Å². The number of carbonyl (C=O) groups is 2. The number of rotatable bonds is 4. The quantitative estimate of drug-likeness (QED) is 0.887. The number of amides is 2. The fourth-order valence-corrected chi connectivity index (χ4v) is 2.36. The Morgan fingerprint density at radius 1 is 1.50 bits per heavy atom. The molecule has 0 unspecified atom stereocenters. The topological polar surface area (TPSA) is 74.0 Å². The Hall–Kier alpha value is -1.34. The molecule has 2 amide bonds. The van der Waals surface area contributed by atoms with Crippen molar-refractivity contribution >= 4 is 27.7 Å². The number of likely N-dealkylation sites (N-methyl/N-ethyl adjacent to an activating group) is 1. The lowest BCUT2D eigenvalue weighted by atomic mass is 9.91. The van der Waals surface area contributed by atoms with E-state index in [1.165, 1.54) is 4.90 Å². The molecule has 0 aromatic carbocycles. The van der Waals surface area contributed by atoms with E-state index in [0.29, 0.717) is 24.2 Å². The van der Waals surface area contributed by atoms with Crippen LogP contribution in [0.15, 0.2) is 21.2 Å². The van der Waals surface area contributed by atoms with Gasteiger partial charge >= 0.3 is 0 Å². The number of nitrogens with zero attached hydrogens (tertiary/aromatic N) is 2. The molecule has 2 heterocycles. The van der Waals surface area contributed by atoms with Crippen LogP contribution in [0.25, 0.3) is 0 Å². The lowest BCUT2D eigenvalue weighted by Gasteiger charge is -2.46. The fraction of sp³-hybridized carbons (Fsp3) is 0.538. The number of hydrogen-bond acceptors (Lipinski definition) is 4. The van der Waals surface area contributed by atoms with Gasteiger partial charge in [-0.1, -0.05) is 6.92 Å². The maximum atomic E-state index is 12.0. The van der Waals surface area contributed by atoms with Crippen molar-refractivity contribution in [3.63, 3.8) is 0 Å². The zero-order valence-electron chi connectivity index (χ0n) is 11.4. The van der Waals surface area contributed by atoms with Crippen molar-refractivity contribution in [1.82, 2.24) is 9.80 Å². The molecule has 2 rings (SSSR count). The van der Waals surface area contributed by atoms with E-state index in [4.69, 9.17) is 4.42 Å². The van der Waals surface area contributed by atoms with Crippen molar-refractivity contribution in [1.29, 1.82) is 0 Å². The van der Waals surface area contributed by atoms with Crippen molar-refractivity contribution in [2.24, 2.45) is 0 Å². The van der Waals surface area contributed by atoms with Crippen molar-refractivity contribution in [3.8, 4) is 0 Å². The maximum absolute atomic E-state index is 12.0. The molecular formula is C13H17BrN2O4. The molecule has 0 atom stereocenters. The van der Waals surface area contributed by atoms with Gasteiger partial charge < -0.3 is 19.3 Å². The molecule has 7 heteroatoms. The first-order chi connectivity index (χ1) is 9.34. The Bertz CT molecular complexity index is 522. The second kappa shape index (κ2) is 5.57. The number of furan rings is 1. The number of carbonyl (C=O) groups excluding carboxylic acids is 2. The van der Waals surface area contributed by atoms with E-state index < -0.39 is 5.60 Å². The second-order valence-corrected chi connectivity index (χ2v) is 5.87. The number of halogens is 1. The number of likely N-dealkylation sites (tertiary alicyclic amines) is 1. The maximum Gasteiger partial charge on any atom is 0.289 e. The van der Waals surface area contributed by atoms with Crippen molar-refractivity contribution in [2.45, 2.75) is 18.9 Å². The zero-order chi connectivity index (χ0) is 14.9. The van der Waals surface area contributed by atoms with E-state index >= 15 is 0 Å². The summed E-state index contributed by atoms with van der Waals surface area (Å²) in [6.07, 6.45) is 0.617. The van der Waals surface area contributed by atoms with E-state index in [2.05, 4.69) is 15.9 Å². The number of aliphatic hydroxyl groups is 1. The third kappa shape index (κ3) is 3.04. The van der Waals surface area contributed by atoms with Gasteiger partial charge in [-0.3, -0.25) is 9.59 Å². The van der Waals surface area contributed by atoms with Crippen LogP contribution in [0.4, 0.5) is 0 Å². The normalized spacial score (nSPS) is 16.7. The summed E-state index contributed by atoms with van der Waals surface area (Å²) in [7, 11) is 1.54. The third-order valence-electron chi connectivity index (χ3n) is 3.48. The van der Waals surface area contributed by atoms with E-state index in [1.807, 2.05) is 6.92 Å². The molecule has 1 aromatic heterocycles. The monoisotopic (exact) mass is 344 g/mol. The molecule has 1 fully saturated rings. The average molecular weight is 345 g/mol. The first-order valence-electron chi connectivity index (χ1n) is 6.35. The molecule has 0 aliphatic carbocycles. The summed E-state index contributed by atoms with van der Waals surface area (Å²) in [6.45, 7) is 2.51. The van der Waals surface area contributed by atoms with Crippen LogP contribution in [-0.2, 0) is 4.79 Å². The van der Waals surface area contributed by atoms with Gasteiger partial charge in [-0.15, -0.1) is 0 Å². The SMILES string of the molecule is CCC1(O)CN(C(=O)CN(C)C(=O)c2ccc(Br)o2)C1. The van der Waals surface area contributed by atoms with Crippen LogP contribution in [-0.4, -0.2) is 59.0 Å². The molecule has 1 N–H and O–H groups in total. The Morgan fingerprint density at radius 2 is 2.15 bits per heavy atom. The highest BCUT2D eigenvalue weighted by Crippen LogP contribution is 2.24. The molecule has 110 valence electrons. The Labute approximate surface area is 125 Å². The first-order valence-corrected chi connectivity index (χ1v) is 7.15. The molecule has 1 saturated heterocycles. The summed E-state index contributed by atoms with van der Waals surface area (Å²) in [6, 6.07) is 3.17. The summed E-state index contributed by atoms with van der Waals surface area (Å²) >= 11 is 3.12. The minimum atomic E-state index is -0.760. The van der Waals surface area contributed by atoms with E-state index in [9.17, 15) is 14.7 Å². The van der Waals surface area contributed by atoms with Crippen LogP contribution in [0, 0.1) is 0 Å². The van der Waals surface area contributed by atoms with Crippen LogP contribution in [0.3, 0.4) is 0 Å².